The lowest BCUT2D eigenvalue weighted by molar-refractivity contribution is -0.140. The Morgan fingerprint density at radius 3 is 2.79 bits per heavy atom. The van der Waals surface area contributed by atoms with E-state index >= 15 is 0 Å². The van der Waals surface area contributed by atoms with Gasteiger partial charge in [0.25, 0.3) is 0 Å². The molecule has 0 fully saturated rings. The molecule has 0 aliphatic carbocycles. The number of aromatic nitrogens is 1. The molecule has 76 valence electrons. The highest BCUT2D eigenvalue weighted by atomic mass is 16.5. The van der Waals surface area contributed by atoms with Crippen LogP contribution in [0.15, 0.2) is 18.3 Å². The van der Waals surface area contributed by atoms with E-state index in [1.165, 1.54) is 12.5 Å². The second-order valence-electron chi connectivity index (χ2n) is 3.10. The summed E-state index contributed by atoms with van der Waals surface area (Å²) in [6.45, 7) is 3.91. The predicted octanol–water partition coefficient (Wildman–Crippen LogP) is 1.75. The van der Waals surface area contributed by atoms with Gasteiger partial charge in [-0.15, -0.1) is 0 Å². The van der Waals surface area contributed by atoms with Crippen LogP contribution in [0, 0.1) is 0 Å². The number of nitrogens with zero attached hydrogens (tertiary/aromatic N) is 1. The van der Waals surface area contributed by atoms with Crippen LogP contribution in [0.5, 0.6) is 0 Å². The average Bonchev–Trinajstić information content (AvgIpc) is 2.18. The molecule has 0 amide bonds. The van der Waals surface area contributed by atoms with Crippen LogP contribution < -0.4 is 0 Å². The standard InChI is InChI=1S/C11H15NO2/c1-3-10-4-5-11(12-8-10)6-7-14-9(2)13/h4-5,8H,3,6-7H2,1-2H3. The third-order valence-corrected chi connectivity index (χ3v) is 1.96. The SMILES string of the molecule is CCc1ccc(CCOC(C)=O)nc1. The van der Waals surface area contributed by atoms with E-state index < -0.39 is 0 Å². The van der Waals surface area contributed by atoms with Crippen molar-refractivity contribution >= 4 is 5.97 Å². The van der Waals surface area contributed by atoms with Gasteiger partial charge in [-0.2, -0.15) is 0 Å². The van der Waals surface area contributed by atoms with E-state index in [0.29, 0.717) is 13.0 Å². The molecule has 0 aromatic carbocycles. The van der Waals surface area contributed by atoms with Gasteiger partial charge in [0.05, 0.1) is 6.61 Å². The molecule has 0 aliphatic rings. The molecular formula is C11H15NO2. The summed E-state index contributed by atoms with van der Waals surface area (Å²) in [6.07, 6.45) is 3.55. The first-order chi connectivity index (χ1) is 6.72. The molecule has 0 atom stereocenters. The number of esters is 1. The summed E-state index contributed by atoms with van der Waals surface area (Å²) in [6, 6.07) is 4.03. The highest BCUT2D eigenvalue weighted by Gasteiger charge is 1.97. The smallest absolute Gasteiger partial charge is 0.302 e. The molecule has 0 bridgehead atoms. The molecule has 0 aliphatic heterocycles. The monoisotopic (exact) mass is 193 g/mol. The fraction of sp³-hybridized carbons (Fsp3) is 0.455. The van der Waals surface area contributed by atoms with Gasteiger partial charge in [-0.25, -0.2) is 0 Å². The predicted molar refractivity (Wildman–Crippen MR) is 54.0 cm³/mol. The lowest BCUT2D eigenvalue weighted by atomic mass is 10.2. The molecule has 3 nitrogen and oxygen atoms in total. The number of pyridine rings is 1. The van der Waals surface area contributed by atoms with Crippen molar-refractivity contribution in [3.8, 4) is 0 Å². The third-order valence-electron chi connectivity index (χ3n) is 1.96. The molecule has 0 unspecified atom stereocenters. The summed E-state index contributed by atoms with van der Waals surface area (Å²) < 4.78 is 4.82. The molecular weight excluding hydrogens is 178 g/mol. The molecule has 0 saturated carbocycles. The van der Waals surface area contributed by atoms with Crippen molar-refractivity contribution in [1.82, 2.24) is 4.98 Å². The second kappa shape index (κ2) is 5.37. The quantitative estimate of drug-likeness (QED) is 0.684. The Hall–Kier alpha value is -1.38. The van der Waals surface area contributed by atoms with Crippen LogP contribution in [0.4, 0.5) is 0 Å². The molecule has 1 aromatic heterocycles. The van der Waals surface area contributed by atoms with Gasteiger partial charge in [-0.05, 0) is 18.1 Å². The number of aryl methyl sites for hydroxylation is 1. The molecule has 0 saturated heterocycles. The van der Waals surface area contributed by atoms with E-state index in [4.69, 9.17) is 4.74 Å². The van der Waals surface area contributed by atoms with E-state index in [0.717, 1.165) is 12.1 Å². The van der Waals surface area contributed by atoms with Crippen LogP contribution in [-0.2, 0) is 22.4 Å². The van der Waals surface area contributed by atoms with Crippen molar-refractivity contribution in [2.75, 3.05) is 6.61 Å². The third kappa shape index (κ3) is 3.56. The van der Waals surface area contributed by atoms with Gasteiger partial charge in [0.2, 0.25) is 0 Å². The van der Waals surface area contributed by atoms with Crippen LogP contribution in [0.3, 0.4) is 0 Å². The van der Waals surface area contributed by atoms with Crippen molar-refractivity contribution in [3.05, 3.63) is 29.6 Å². The summed E-state index contributed by atoms with van der Waals surface area (Å²) in [7, 11) is 0. The first kappa shape index (κ1) is 10.7. The van der Waals surface area contributed by atoms with E-state index in [1.54, 1.807) is 0 Å². The fourth-order valence-electron chi connectivity index (χ4n) is 1.11. The molecule has 0 spiro atoms. The van der Waals surface area contributed by atoms with Gasteiger partial charge in [0.15, 0.2) is 0 Å². The van der Waals surface area contributed by atoms with Crippen molar-refractivity contribution in [3.63, 3.8) is 0 Å². The average molecular weight is 193 g/mol. The van der Waals surface area contributed by atoms with Crippen molar-refractivity contribution in [2.45, 2.75) is 26.7 Å². The largest absolute Gasteiger partial charge is 0.465 e. The summed E-state index contributed by atoms with van der Waals surface area (Å²) in [5, 5.41) is 0. The lowest BCUT2D eigenvalue weighted by Crippen LogP contribution is -2.04. The van der Waals surface area contributed by atoms with Gasteiger partial charge >= 0.3 is 5.97 Å². The second-order valence-corrected chi connectivity index (χ2v) is 3.10. The van der Waals surface area contributed by atoms with Crippen LogP contribution in [0.1, 0.15) is 25.1 Å². The number of hydrogen-bond donors (Lipinski definition) is 0. The van der Waals surface area contributed by atoms with Gasteiger partial charge in [-0.3, -0.25) is 9.78 Å². The Kier molecular flexibility index (Phi) is 4.11. The molecule has 0 N–H and O–H groups in total. The zero-order valence-corrected chi connectivity index (χ0v) is 8.62. The maximum atomic E-state index is 10.5. The minimum absolute atomic E-state index is 0.241. The van der Waals surface area contributed by atoms with Gasteiger partial charge in [0, 0.05) is 25.2 Å². The Balaban J connectivity index is 2.40. The number of carbonyl (C=O) groups is 1. The van der Waals surface area contributed by atoms with E-state index in [2.05, 4.69) is 18.0 Å². The molecule has 1 aromatic rings. The minimum Gasteiger partial charge on any atom is -0.465 e. The Morgan fingerprint density at radius 2 is 2.29 bits per heavy atom. The highest BCUT2D eigenvalue weighted by Crippen LogP contribution is 2.01. The first-order valence-corrected chi connectivity index (χ1v) is 4.79. The maximum Gasteiger partial charge on any atom is 0.302 e. The Morgan fingerprint density at radius 1 is 1.50 bits per heavy atom. The number of carbonyl (C=O) groups excluding carboxylic acids is 1. The zero-order chi connectivity index (χ0) is 10.4. The van der Waals surface area contributed by atoms with Gasteiger partial charge in [-0.1, -0.05) is 13.0 Å². The van der Waals surface area contributed by atoms with Crippen LogP contribution >= 0.6 is 0 Å². The zero-order valence-electron chi connectivity index (χ0n) is 8.62. The Bertz CT molecular complexity index is 293. The lowest BCUT2D eigenvalue weighted by Gasteiger charge is -2.02. The van der Waals surface area contributed by atoms with Crippen LogP contribution in [-0.4, -0.2) is 17.6 Å². The van der Waals surface area contributed by atoms with E-state index in [9.17, 15) is 4.79 Å². The number of rotatable bonds is 4. The normalized spacial score (nSPS) is 9.86. The van der Waals surface area contributed by atoms with Gasteiger partial charge in [0.1, 0.15) is 0 Å². The van der Waals surface area contributed by atoms with Crippen molar-refractivity contribution in [1.29, 1.82) is 0 Å². The minimum atomic E-state index is -0.241. The number of hydrogen-bond acceptors (Lipinski definition) is 3. The molecule has 0 radical (unpaired) electrons. The Labute approximate surface area is 84.1 Å². The van der Waals surface area contributed by atoms with Crippen molar-refractivity contribution < 1.29 is 9.53 Å². The maximum absolute atomic E-state index is 10.5. The summed E-state index contributed by atoms with van der Waals surface area (Å²) in [5.41, 5.74) is 2.18. The molecule has 3 heteroatoms. The molecule has 14 heavy (non-hydrogen) atoms. The van der Waals surface area contributed by atoms with Gasteiger partial charge < -0.3 is 4.74 Å². The number of ether oxygens (including phenoxy) is 1. The van der Waals surface area contributed by atoms with E-state index in [1.807, 2.05) is 12.3 Å². The summed E-state index contributed by atoms with van der Waals surface area (Å²) in [5.74, 6) is -0.241. The summed E-state index contributed by atoms with van der Waals surface area (Å²) >= 11 is 0. The highest BCUT2D eigenvalue weighted by molar-refractivity contribution is 5.65. The van der Waals surface area contributed by atoms with Crippen LogP contribution in [0.25, 0.3) is 0 Å². The fourth-order valence-corrected chi connectivity index (χ4v) is 1.11. The summed E-state index contributed by atoms with van der Waals surface area (Å²) in [4.78, 5) is 14.7. The first-order valence-electron chi connectivity index (χ1n) is 4.79. The van der Waals surface area contributed by atoms with Crippen molar-refractivity contribution in [2.24, 2.45) is 0 Å². The van der Waals surface area contributed by atoms with Crippen LogP contribution in [0.2, 0.25) is 0 Å². The van der Waals surface area contributed by atoms with E-state index in [-0.39, 0.29) is 5.97 Å². The molecule has 1 rings (SSSR count). The topological polar surface area (TPSA) is 39.2 Å². The molecule has 1 heterocycles.